The average molecular weight is 330 g/mol. The first kappa shape index (κ1) is 15.3. The van der Waals surface area contributed by atoms with Crippen LogP contribution in [0.15, 0.2) is 11.0 Å². The minimum Gasteiger partial charge on any atom is -0.281 e. The molecule has 21 heavy (non-hydrogen) atoms. The monoisotopic (exact) mass is 329 g/mol. The molecule has 0 spiro atoms. The standard InChI is InChI=1S/C15H21Cl2N3O/c1-10-4-5-13-11(7-10)3-2-6-19(13)9-20-15(21)14(17)12(16)8-18-20/h8,10-11,13H,2-7,9H2,1H3. The molecule has 1 aromatic rings. The fourth-order valence-electron chi connectivity index (χ4n) is 3.89. The maximum atomic E-state index is 12.1. The highest BCUT2D eigenvalue weighted by Crippen LogP contribution is 2.37. The topological polar surface area (TPSA) is 38.1 Å². The van der Waals surface area contributed by atoms with Crippen molar-refractivity contribution in [1.29, 1.82) is 0 Å². The quantitative estimate of drug-likeness (QED) is 0.834. The molecule has 0 bridgehead atoms. The van der Waals surface area contributed by atoms with Crippen LogP contribution < -0.4 is 5.56 Å². The molecule has 1 aromatic heterocycles. The van der Waals surface area contributed by atoms with Gasteiger partial charge in [0.1, 0.15) is 5.02 Å². The van der Waals surface area contributed by atoms with E-state index in [0.717, 1.165) is 18.4 Å². The van der Waals surface area contributed by atoms with Crippen LogP contribution in [-0.2, 0) is 6.67 Å². The summed E-state index contributed by atoms with van der Waals surface area (Å²) in [6.07, 6.45) is 7.78. The number of fused-ring (bicyclic) bond motifs is 1. The molecule has 0 aromatic carbocycles. The summed E-state index contributed by atoms with van der Waals surface area (Å²) in [5.41, 5.74) is -0.296. The Bertz CT molecular complexity index is 575. The predicted octanol–water partition coefficient (Wildman–Crippen LogP) is 3.41. The van der Waals surface area contributed by atoms with Gasteiger partial charge >= 0.3 is 0 Å². The Morgan fingerprint density at radius 1 is 1.33 bits per heavy atom. The summed E-state index contributed by atoms with van der Waals surface area (Å²) in [7, 11) is 0. The Morgan fingerprint density at radius 2 is 2.14 bits per heavy atom. The van der Waals surface area contributed by atoms with Crippen molar-refractivity contribution in [3.05, 3.63) is 26.6 Å². The molecule has 0 amide bonds. The largest absolute Gasteiger partial charge is 0.288 e. The van der Waals surface area contributed by atoms with E-state index in [1.54, 1.807) is 0 Å². The smallest absolute Gasteiger partial charge is 0.281 e. The Hall–Kier alpha value is -0.580. The number of hydrogen-bond acceptors (Lipinski definition) is 3. The van der Waals surface area contributed by atoms with Gasteiger partial charge in [-0.1, -0.05) is 30.1 Å². The summed E-state index contributed by atoms with van der Waals surface area (Å²) < 4.78 is 1.44. The van der Waals surface area contributed by atoms with Gasteiger partial charge in [0, 0.05) is 12.6 Å². The molecule has 2 heterocycles. The molecule has 1 aliphatic carbocycles. The van der Waals surface area contributed by atoms with Crippen molar-refractivity contribution in [1.82, 2.24) is 14.7 Å². The van der Waals surface area contributed by atoms with Crippen molar-refractivity contribution in [2.75, 3.05) is 6.54 Å². The van der Waals surface area contributed by atoms with Crippen molar-refractivity contribution >= 4 is 23.2 Å². The molecule has 4 nitrogen and oxygen atoms in total. The molecule has 1 saturated carbocycles. The summed E-state index contributed by atoms with van der Waals surface area (Å²) >= 11 is 11.8. The Morgan fingerprint density at radius 3 is 2.95 bits per heavy atom. The minimum atomic E-state index is -0.296. The third-order valence-electron chi connectivity index (χ3n) is 4.95. The lowest BCUT2D eigenvalue weighted by Gasteiger charge is -2.45. The molecule has 1 aliphatic heterocycles. The highest BCUT2D eigenvalue weighted by atomic mass is 35.5. The number of nitrogens with zero attached hydrogens (tertiary/aromatic N) is 3. The van der Waals surface area contributed by atoms with Crippen LogP contribution >= 0.6 is 23.2 Å². The average Bonchev–Trinajstić information content (AvgIpc) is 2.48. The lowest BCUT2D eigenvalue weighted by atomic mass is 9.74. The first-order valence-corrected chi connectivity index (χ1v) is 8.47. The molecule has 3 unspecified atom stereocenters. The van der Waals surface area contributed by atoms with Gasteiger partial charge in [0.15, 0.2) is 0 Å². The van der Waals surface area contributed by atoms with Crippen LogP contribution in [0, 0.1) is 11.8 Å². The summed E-state index contributed by atoms with van der Waals surface area (Å²) in [5.74, 6) is 1.60. The van der Waals surface area contributed by atoms with E-state index in [1.807, 2.05) is 0 Å². The third kappa shape index (κ3) is 3.13. The lowest BCUT2D eigenvalue weighted by molar-refractivity contribution is 0.0188. The van der Waals surface area contributed by atoms with E-state index >= 15 is 0 Å². The summed E-state index contributed by atoms with van der Waals surface area (Å²) in [6.45, 7) is 3.90. The molecule has 2 aliphatic rings. The van der Waals surface area contributed by atoms with Gasteiger partial charge in [0.05, 0.1) is 17.9 Å². The number of likely N-dealkylation sites (tertiary alicyclic amines) is 1. The van der Waals surface area contributed by atoms with Crippen molar-refractivity contribution in [2.45, 2.75) is 51.7 Å². The van der Waals surface area contributed by atoms with Gasteiger partial charge in [0.25, 0.3) is 5.56 Å². The van der Waals surface area contributed by atoms with Crippen LogP contribution in [0.3, 0.4) is 0 Å². The van der Waals surface area contributed by atoms with E-state index in [2.05, 4.69) is 16.9 Å². The van der Waals surface area contributed by atoms with Crippen molar-refractivity contribution < 1.29 is 0 Å². The SMILES string of the molecule is CC1CCC2C(CCCN2Cn2ncc(Cl)c(Cl)c2=O)C1. The number of aromatic nitrogens is 2. The number of hydrogen-bond donors (Lipinski definition) is 0. The number of piperidine rings is 1. The molecule has 0 N–H and O–H groups in total. The Balaban J connectivity index is 1.78. The first-order valence-electron chi connectivity index (χ1n) is 7.71. The molecule has 1 saturated heterocycles. The molecular weight excluding hydrogens is 309 g/mol. The fourth-order valence-corrected chi connectivity index (χ4v) is 4.16. The van der Waals surface area contributed by atoms with E-state index in [0.29, 0.717) is 12.7 Å². The van der Waals surface area contributed by atoms with Gasteiger partial charge in [-0.05, 0) is 43.9 Å². The van der Waals surface area contributed by atoms with Gasteiger partial charge in [0.2, 0.25) is 0 Å². The molecule has 3 atom stereocenters. The lowest BCUT2D eigenvalue weighted by Crippen LogP contribution is -2.49. The van der Waals surface area contributed by atoms with Crippen LogP contribution in [0.1, 0.15) is 39.0 Å². The van der Waals surface area contributed by atoms with Gasteiger partial charge in [-0.2, -0.15) is 5.10 Å². The number of rotatable bonds is 2. The molecule has 3 rings (SSSR count). The van der Waals surface area contributed by atoms with E-state index in [9.17, 15) is 4.79 Å². The molecular formula is C15H21Cl2N3O. The fraction of sp³-hybridized carbons (Fsp3) is 0.733. The van der Waals surface area contributed by atoms with Gasteiger partial charge in [-0.15, -0.1) is 0 Å². The van der Waals surface area contributed by atoms with E-state index in [4.69, 9.17) is 23.2 Å². The van der Waals surface area contributed by atoms with E-state index < -0.39 is 0 Å². The molecule has 116 valence electrons. The second kappa shape index (κ2) is 6.27. The predicted molar refractivity (Wildman–Crippen MR) is 84.8 cm³/mol. The zero-order chi connectivity index (χ0) is 15.0. The minimum absolute atomic E-state index is 0.0671. The van der Waals surface area contributed by atoms with E-state index in [1.165, 1.54) is 43.0 Å². The van der Waals surface area contributed by atoms with Crippen LogP contribution in [0.5, 0.6) is 0 Å². The summed E-state index contributed by atoms with van der Waals surface area (Å²) in [5, 5.41) is 4.42. The Labute approximate surface area is 135 Å². The van der Waals surface area contributed by atoms with E-state index in [-0.39, 0.29) is 15.6 Å². The summed E-state index contributed by atoms with van der Waals surface area (Å²) in [4.78, 5) is 14.5. The highest BCUT2D eigenvalue weighted by molar-refractivity contribution is 6.41. The first-order chi connectivity index (χ1) is 10.1. The second-order valence-corrected chi connectivity index (χ2v) is 7.24. The molecule has 2 fully saturated rings. The van der Waals surface area contributed by atoms with Gasteiger partial charge < -0.3 is 0 Å². The van der Waals surface area contributed by atoms with Crippen molar-refractivity contribution in [3.63, 3.8) is 0 Å². The third-order valence-corrected chi connectivity index (χ3v) is 5.70. The molecule has 6 heteroatoms. The van der Waals surface area contributed by atoms with Gasteiger partial charge in [-0.3, -0.25) is 9.69 Å². The summed E-state index contributed by atoms with van der Waals surface area (Å²) in [6, 6.07) is 0.582. The zero-order valence-corrected chi connectivity index (χ0v) is 13.8. The van der Waals surface area contributed by atoms with Crippen molar-refractivity contribution in [3.8, 4) is 0 Å². The van der Waals surface area contributed by atoms with Crippen LogP contribution in [-0.4, -0.2) is 27.3 Å². The van der Waals surface area contributed by atoms with Crippen LogP contribution in [0.25, 0.3) is 0 Å². The maximum absolute atomic E-state index is 12.1. The normalized spacial score (nSPS) is 30.1. The zero-order valence-electron chi connectivity index (χ0n) is 12.3. The van der Waals surface area contributed by atoms with Crippen LogP contribution in [0.2, 0.25) is 10.0 Å². The van der Waals surface area contributed by atoms with Crippen molar-refractivity contribution in [2.24, 2.45) is 11.8 Å². The highest BCUT2D eigenvalue weighted by Gasteiger charge is 2.35. The second-order valence-electron chi connectivity index (χ2n) is 6.45. The maximum Gasteiger partial charge on any atom is 0.288 e. The number of halogens is 2. The Kier molecular flexibility index (Phi) is 4.57. The molecule has 0 radical (unpaired) electrons. The van der Waals surface area contributed by atoms with Gasteiger partial charge in [-0.25, -0.2) is 4.68 Å². The van der Waals surface area contributed by atoms with Crippen LogP contribution in [0.4, 0.5) is 0 Å².